The minimum absolute atomic E-state index is 1.05. The van der Waals surface area contributed by atoms with Crippen molar-refractivity contribution in [3.63, 3.8) is 0 Å². The van der Waals surface area contributed by atoms with Crippen LogP contribution in [-0.2, 0) is 0 Å². The Balaban J connectivity index is 1.13. The van der Waals surface area contributed by atoms with Gasteiger partial charge < -0.3 is 19.6 Å². The van der Waals surface area contributed by atoms with Crippen molar-refractivity contribution in [3.8, 4) is 22.3 Å². The highest BCUT2D eigenvalue weighted by molar-refractivity contribution is 6.33. The van der Waals surface area contributed by atoms with Gasteiger partial charge in [-0.1, -0.05) is 218 Å². The lowest BCUT2D eigenvalue weighted by molar-refractivity contribution is 1.26. The Morgan fingerprint density at radius 2 is 0.325 bits per heavy atom. The van der Waals surface area contributed by atoms with E-state index >= 15 is 0 Å². The average molecular weight is 1020 g/mol. The van der Waals surface area contributed by atoms with Gasteiger partial charge in [0.05, 0.1) is 22.7 Å². The molecule has 378 valence electrons. The second-order valence-corrected chi connectivity index (χ2v) is 20.1. The molecule has 0 radical (unpaired) electrons. The molecule has 0 N–H and O–H groups in total. The molecule has 0 aliphatic rings. The lowest BCUT2D eigenvalue weighted by Gasteiger charge is -2.34. The third-order valence-electron chi connectivity index (χ3n) is 15.3. The SMILES string of the molecule is c1ccc(-c2ccc(N(c3ccccc3)c3cc(N(c4ccccc4)c4ccccc4)c4ccc5c(N(c6ccccc6)c6ccc(-c7ccccc7)cc6)cc(N(c6ccccc6)c6ccccc6)c6ccc3c4c65)cc2)cc1. The molecule has 0 aliphatic carbocycles. The number of anilines is 12. The number of hydrogen-bond donors (Lipinski definition) is 0. The number of rotatable bonds is 14. The molecule has 0 saturated heterocycles. The van der Waals surface area contributed by atoms with Crippen LogP contribution in [0.25, 0.3) is 54.6 Å². The molecule has 0 amide bonds. The summed E-state index contributed by atoms with van der Waals surface area (Å²) in [7, 11) is 0. The standard InChI is InChI=1S/C76H54N4/c1-9-25-55(26-10-1)57-41-45-65(46-42-57)79(63-37-21-7-22-38-63)73-53-71(77(59-29-13-3-14-30-59)60-31-15-4-16-32-60)67-50-52-70-74(80(64-39-23-8-24-40-64)66-47-43-58(44-48-66)56-27-11-2-12-28-56)54-72(68-49-51-69(73)75(67)76(68)70)78(61-33-17-5-18-34-61)62-35-19-6-20-36-62/h1-54H. The van der Waals surface area contributed by atoms with Crippen LogP contribution in [0.15, 0.2) is 328 Å². The van der Waals surface area contributed by atoms with Crippen molar-refractivity contribution in [1.29, 1.82) is 0 Å². The van der Waals surface area contributed by atoms with E-state index in [1.54, 1.807) is 0 Å². The van der Waals surface area contributed by atoms with Crippen molar-refractivity contribution in [2.24, 2.45) is 0 Å². The Labute approximate surface area is 467 Å². The predicted molar refractivity (Wildman–Crippen MR) is 340 cm³/mol. The third-order valence-corrected chi connectivity index (χ3v) is 15.3. The highest BCUT2D eigenvalue weighted by Gasteiger charge is 2.29. The fourth-order valence-corrected chi connectivity index (χ4v) is 11.7. The Kier molecular flexibility index (Phi) is 12.6. The van der Waals surface area contributed by atoms with Crippen molar-refractivity contribution >= 4 is 101 Å². The Bertz CT molecular complexity index is 3990. The first-order chi connectivity index (χ1) is 39.7. The van der Waals surface area contributed by atoms with Gasteiger partial charge in [0.2, 0.25) is 0 Å². The molecular weight excluding hydrogens is 969 g/mol. The normalized spacial score (nSPS) is 11.2. The molecule has 0 heterocycles. The topological polar surface area (TPSA) is 13.0 Å². The molecule has 0 aromatic heterocycles. The predicted octanol–water partition coefficient (Wildman–Crippen LogP) is 21.8. The molecule has 0 aliphatic heterocycles. The quantitative estimate of drug-likeness (QED) is 0.101. The maximum absolute atomic E-state index is 2.45. The Hall–Kier alpha value is -10.7. The van der Waals surface area contributed by atoms with Gasteiger partial charge in [0.15, 0.2) is 0 Å². The largest absolute Gasteiger partial charge is 0.310 e. The van der Waals surface area contributed by atoms with E-state index in [1.807, 2.05) is 0 Å². The van der Waals surface area contributed by atoms with Crippen molar-refractivity contribution in [2.45, 2.75) is 0 Å². The van der Waals surface area contributed by atoms with E-state index in [2.05, 4.69) is 347 Å². The fraction of sp³-hybridized carbons (Fsp3) is 0. The molecule has 0 bridgehead atoms. The lowest BCUT2D eigenvalue weighted by atomic mass is 9.89. The van der Waals surface area contributed by atoms with E-state index < -0.39 is 0 Å². The fourth-order valence-electron chi connectivity index (χ4n) is 11.7. The molecule has 0 unspecified atom stereocenters. The van der Waals surface area contributed by atoms with Crippen LogP contribution in [0.3, 0.4) is 0 Å². The summed E-state index contributed by atoms with van der Waals surface area (Å²) < 4.78 is 0. The zero-order valence-corrected chi connectivity index (χ0v) is 44.0. The van der Waals surface area contributed by atoms with E-state index in [-0.39, 0.29) is 0 Å². The van der Waals surface area contributed by atoms with Gasteiger partial charge in [-0.2, -0.15) is 0 Å². The van der Waals surface area contributed by atoms with Gasteiger partial charge in [-0.05, 0) is 131 Å². The van der Waals surface area contributed by atoms with Crippen molar-refractivity contribution < 1.29 is 0 Å². The second kappa shape index (κ2) is 21.0. The maximum Gasteiger partial charge on any atom is 0.0561 e. The van der Waals surface area contributed by atoms with Crippen LogP contribution >= 0.6 is 0 Å². The number of benzene rings is 14. The molecule has 80 heavy (non-hydrogen) atoms. The minimum atomic E-state index is 1.05. The average Bonchev–Trinajstić information content (AvgIpc) is 3.72. The van der Waals surface area contributed by atoms with Gasteiger partial charge in [0.1, 0.15) is 0 Å². The summed E-state index contributed by atoms with van der Waals surface area (Å²) in [5.41, 5.74) is 17.4. The molecule has 14 aromatic carbocycles. The summed E-state index contributed by atoms with van der Waals surface area (Å²) in [4.78, 5) is 9.77. The maximum atomic E-state index is 2.45. The molecule has 4 nitrogen and oxygen atoms in total. The van der Waals surface area contributed by atoms with E-state index in [1.165, 1.54) is 21.9 Å². The highest BCUT2D eigenvalue weighted by atomic mass is 15.2. The van der Waals surface area contributed by atoms with Gasteiger partial charge in [0.25, 0.3) is 0 Å². The Morgan fingerprint density at radius 3 is 0.537 bits per heavy atom. The summed E-state index contributed by atoms with van der Waals surface area (Å²) in [5.74, 6) is 0. The molecule has 0 saturated carbocycles. The highest BCUT2D eigenvalue weighted by Crippen LogP contribution is 2.55. The van der Waals surface area contributed by atoms with Crippen LogP contribution in [0.1, 0.15) is 0 Å². The van der Waals surface area contributed by atoms with Gasteiger partial charge in [-0.15, -0.1) is 0 Å². The molecular formula is C76H54N4. The molecule has 0 spiro atoms. The van der Waals surface area contributed by atoms with Crippen LogP contribution in [0.5, 0.6) is 0 Å². The van der Waals surface area contributed by atoms with E-state index in [4.69, 9.17) is 0 Å². The molecule has 0 fully saturated rings. The van der Waals surface area contributed by atoms with Gasteiger partial charge in [-0.3, -0.25) is 0 Å². The van der Waals surface area contributed by atoms with E-state index in [9.17, 15) is 0 Å². The van der Waals surface area contributed by atoms with Crippen LogP contribution in [-0.4, -0.2) is 0 Å². The van der Waals surface area contributed by atoms with Gasteiger partial charge >= 0.3 is 0 Å². The first-order valence-electron chi connectivity index (χ1n) is 27.3. The summed E-state index contributed by atoms with van der Waals surface area (Å²) in [6.07, 6.45) is 0. The van der Waals surface area contributed by atoms with Gasteiger partial charge in [-0.25, -0.2) is 0 Å². The number of nitrogens with zero attached hydrogens (tertiary/aromatic N) is 4. The zero-order valence-electron chi connectivity index (χ0n) is 44.0. The molecule has 14 aromatic rings. The zero-order chi connectivity index (χ0) is 53.2. The summed E-state index contributed by atoms with van der Waals surface area (Å²) in [6, 6.07) is 119. The van der Waals surface area contributed by atoms with E-state index in [0.29, 0.717) is 0 Å². The first-order valence-corrected chi connectivity index (χ1v) is 27.3. The lowest BCUT2D eigenvalue weighted by Crippen LogP contribution is -2.16. The number of para-hydroxylation sites is 6. The molecule has 0 atom stereocenters. The molecule has 14 rings (SSSR count). The first kappa shape index (κ1) is 47.7. The van der Waals surface area contributed by atoms with Crippen LogP contribution in [0, 0.1) is 0 Å². The smallest absolute Gasteiger partial charge is 0.0561 e. The van der Waals surface area contributed by atoms with Crippen LogP contribution < -0.4 is 19.6 Å². The minimum Gasteiger partial charge on any atom is -0.310 e. The van der Waals surface area contributed by atoms with Gasteiger partial charge in [0, 0.05) is 77.8 Å². The Morgan fingerprint density at radius 1 is 0.150 bits per heavy atom. The van der Waals surface area contributed by atoms with E-state index in [0.717, 1.165) is 101 Å². The van der Waals surface area contributed by atoms with Crippen molar-refractivity contribution in [1.82, 2.24) is 0 Å². The monoisotopic (exact) mass is 1020 g/mol. The number of hydrogen-bond acceptors (Lipinski definition) is 4. The second-order valence-electron chi connectivity index (χ2n) is 20.1. The van der Waals surface area contributed by atoms with Crippen molar-refractivity contribution in [3.05, 3.63) is 328 Å². The van der Waals surface area contributed by atoms with Crippen LogP contribution in [0.4, 0.5) is 68.2 Å². The van der Waals surface area contributed by atoms with Crippen LogP contribution in [0.2, 0.25) is 0 Å². The molecule has 4 heteroatoms. The summed E-state index contributed by atoms with van der Waals surface area (Å²) in [6.45, 7) is 0. The summed E-state index contributed by atoms with van der Waals surface area (Å²) >= 11 is 0. The third kappa shape index (κ3) is 8.81. The van der Waals surface area contributed by atoms with Crippen molar-refractivity contribution in [2.75, 3.05) is 19.6 Å². The summed E-state index contributed by atoms with van der Waals surface area (Å²) in [5, 5.41) is 6.87.